The summed E-state index contributed by atoms with van der Waals surface area (Å²) in [6.45, 7) is 0.972. The van der Waals surface area contributed by atoms with E-state index >= 15 is 0 Å². The molecular weight excluding hydrogens is 201 g/mol. The third-order valence-electron chi connectivity index (χ3n) is 0. The second kappa shape index (κ2) is 9.13. The van der Waals surface area contributed by atoms with Gasteiger partial charge in [0, 0.05) is 5.97 Å². The average Bonchev–Trinajstić information content (AvgIpc) is 0.811. The van der Waals surface area contributed by atoms with E-state index in [1.165, 1.54) is 0 Å². The molecule has 4 heteroatoms. The number of carboxylic acids is 1. The van der Waals surface area contributed by atoms with Gasteiger partial charge in [0.2, 0.25) is 0 Å². The fraction of sp³-hybridized carbons (Fsp3) is 0.500. The molecule has 0 amide bonds. The molecule has 0 unspecified atom stereocenters. The van der Waals surface area contributed by atoms with Crippen molar-refractivity contribution in [1.82, 2.24) is 0 Å². The molecule has 0 radical (unpaired) electrons. The van der Waals surface area contributed by atoms with Crippen molar-refractivity contribution in [3.05, 3.63) is 0 Å². The van der Waals surface area contributed by atoms with Gasteiger partial charge in [-0.25, -0.2) is 0 Å². The molecule has 0 heterocycles. The quantitative estimate of drug-likeness (QED) is 0.375. The predicted octanol–water partition coefficient (Wildman–Crippen LogP) is -4.24. The molecule has 32 valence electrons. The molecule has 0 saturated carbocycles. The van der Waals surface area contributed by atoms with Crippen molar-refractivity contribution in [2.45, 2.75) is 6.92 Å². The van der Waals surface area contributed by atoms with Gasteiger partial charge in [-0.2, -0.15) is 0 Å². The molecule has 0 saturated heterocycles. The van der Waals surface area contributed by atoms with E-state index in [0.717, 1.165) is 6.92 Å². The Bertz CT molecular complexity index is 34.5. The van der Waals surface area contributed by atoms with Gasteiger partial charge in [0.25, 0.3) is 0 Å². The Kier molecular flexibility index (Phi) is 24.3. The number of hydrogen-bond donors (Lipinski definition) is 0. The van der Waals surface area contributed by atoms with Crippen LogP contribution < -0.4 is 22.1 Å². The Balaban J connectivity index is -0.0000000450. The van der Waals surface area contributed by atoms with Gasteiger partial charge in [-0.1, -0.05) is 0 Å². The van der Waals surface area contributed by atoms with Crippen molar-refractivity contribution >= 4 is 5.97 Å². The van der Waals surface area contributed by atoms with Crippen LogP contribution in [0.1, 0.15) is 6.92 Å². The normalized spacial score (nSPS) is 4.17. The maximum Gasteiger partial charge on any atom is 2.00 e. The average molecular weight is 204 g/mol. The molecule has 0 atom stereocenters. The van der Waals surface area contributed by atoms with Gasteiger partial charge in [-0.15, -0.1) is 0 Å². The zero-order chi connectivity index (χ0) is 3.58. The van der Waals surface area contributed by atoms with E-state index in [0.29, 0.717) is 0 Å². The van der Waals surface area contributed by atoms with E-state index in [2.05, 4.69) is 0 Å². The molecule has 0 N–H and O–H groups in total. The van der Waals surface area contributed by atoms with E-state index in [4.69, 9.17) is 9.90 Å². The molecule has 6 heavy (non-hydrogen) atoms. The Morgan fingerprint density at radius 1 is 1.67 bits per heavy atom. The SMILES string of the molecule is CC(=O)[O-].[Br-].[Zn+2]. The second-order valence-electron chi connectivity index (χ2n) is 0.492. The van der Waals surface area contributed by atoms with E-state index in [-0.39, 0.29) is 36.5 Å². The van der Waals surface area contributed by atoms with Crippen molar-refractivity contribution < 1.29 is 46.4 Å². The van der Waals surface area contributed by atoms with Gasteiger partial charge in [0.05, 0.1) is 0 Å². The molecular formula is C2H3BrO2Zn. The maximum atomic E-state index is 8.89. The zero-order valence-corrected chi connectivity index (χ0v) is 7.95. The third kappa shape index (κ3) is 178. The number of rotatable bonds is 0. The number of halogens is 1. The first-order valence-electron chi connectivity index (χ1n) is 0.908. The number of hydrogen-bond acceptors (Lipinski definition) is 2. The minimum Gasteiger partial charge on any atom is -1.00 e. The molecule has 0 bridgehead atoms. The van der Waals surface area contributed by atoms with Crippen LogP contribution >= 0.6 is 0 Å². The minimum absolute atomic E-state index is 0. The largest absolute Gasteiger partial charge is 2.00 e. The van der Waals surface area contributed by atoms with E-state index in [1.54, 1.807) is 0 Å². The van der Waals surface area contributed by atoms with E-state index in [1.807, 2.05) is 0 Å². The second-order valence-corrected chi connectivity index (χ2v) is 0.492. The minimum atomic E-state index is -1.08. The molecule has 0 aromatic carbocycles. The maximum absolute atomic E-state index is 8.89. The summed E-state index contributed by atoms with van der Waals surface area (Å²) in [5, 5.41) is 8.89. The fourth-order valence-corrected chi connectivity index (χ4v) is 0. The summed E-state index contributed by atoms with van der Waals surface area (Å²) in [5.41, 5.74) is 0. The van der Waals surface area contributed by atoms with Crippen LogP contribution in [0.4, 0.5) is 0 Å². The van der Waals surface area contributed by atoms with E-state index < -0.39 is 5.97 Å². The number of carbonyl (C=O) groups excluding carboxylic acids is 1. The topological polar surface area (TPSA) is 40.1 Å². The summed E-state index contributed by atoms with van der Waals surface area (Å²) in [5.74, 6) is -1.08. The van der Waals surface area contributed by atoms with Gasteiger partial charge in [0.15, 0.2) is 0 Å². The van der Waals surface area contributed by atoms with Crippen molar-refractivity contribution in [2.24, 2.45) is 0 Å². The fourth-order valence-electron chi connectivity index (χ4n) is 0. The van der Waals surface area contributed by atoms with E-state index in [9.17, 15) is 0 Å². The molecule has 0 spiro atoms. The zero-order valence-electron chi connectivity index (χ0n) is 3.40. The molecule has 2 nitrogen and oxygen atoms in total. The van der Waals surface area contributed by atoms with Crippen LogP contribution in [-0.4, -0.2) is 5.97 Å². The molecule has 0 aliphatic rings. The van der Waals surface area contributed by atoms with Crippen LogP contribution in [-0.2, 0) is 24.3 Å². The Morgan fingerprint density at radius 3 is 1.67 bits per heavy atom. The summed E-state index contributed by atoms with van der Waals surface area (Å²) in [4.78, 5) is 8.89. The summed E-state index contributed by atoms with van der Waals surface area (Å²) in [7, 11) is 0. The van der Waals surface area contributed by atoms with Crippen molar-refractivity contribution in [2.75, 3.05) is 0 Å². The summed E-state index contributed by atoms with van der Waals surface area (Å²) in [6, 6.07) is 0. The van der Waals surface area contributed by atoms with Gasteiger partial charge in [-0.05, 0) is 6.92 Å². The molecule has 0 aliphatic carbocycles. The number of carbonyl (C=O) groups is 1. The van der Waals surface area contributed by atoms with Crippen molar-refractivity contribution in [3.8, 4) is 0 Å². The first-order valence-corrected chi connectivity index (χ1v) is 0.908. The number of aliphatic carboxylic acids is 1. The van der Waals surface area contributed by atoms with Crippen LogP contribution in [0, 0.1) is 0 Å². The summed E-state index contributed by atoms with van der Waals surface area (Å²) >= 11 is 0. The monoisotopic (exact) mass is 202 g/mol. The van der Waals surface area contributed by atoms with Gasteiger partial charge in [0.1, 0.15) is 0 Å². The molecule has 0 aromatic rings. The summed E-state index contributed by atoms with van der Waals surface area (Å²) in [6.07, 6.45) is 0. The van der Waals surface area contributed by atoms with Crippen LogP contribution in [0.5, 0.6) is 0 Å². The predicted molar refractivity (Wildman–Crippen MR) is 10.7 cm³/mol. The van der Waals surface area contributed by atoms with Crippen molar-refractivity contribution in [3.63, 3.8) is 0 Å². The van der Waals surface area contributed by atoms with Crippen molar-refractivity contribution in [1.29, 1.82) is 0 Å². The third-order valence-corrected chi connectivity index (χ3v) is 0. The van der Waals surface area contributed by atoms with Crippen LogP contribution in [0.15, 0.2) is 0 Å². The Labute approximate surface area is 59.5 Å². The van der Waals surface area contributed by atoms with Gasteiger partial charge in [-0.3, -0.25) is 0 Å². The first-order chi connectivity index (χ1) is 1.73. The van der Waals surface area contributed by atoms with Crippen LogP contribution in [0.3, 0.4) is 0 Å². The standard InChI is InChI=1S/C2H4O2.BrH.Zn/c1-2(3)4;;/h1H3,(H,3,4);1H;/q;;+2/p-2. The Hall–Kier alpha value is 0.573. The molecule has 0 aliphatic heterocycles. The summed E-state index contributed by atoms with van der Waals surface area (Å²) < 4.78 is 0. The molecule has 0 rings (SSSR count). The van der Waals surface area contributed by atoms with Crippen LogP contribution in [0.25, 0.3) is 0 Å². The first kappa shape index (κ1) is 16.0. The van der Waals surface area contributed by atoms with Crippen LogP contribution in [0.2, 0.25) is 0 Å². The van der Waals surface area contributed by atoms with Gasteiger partial charge >= 0.3 is 19.5 Å². The smallest absolute Gasteiger partial charge is 1.00 e. The molecule has 0 fully saturated rings. The Morgan fingerprint density at radius 2 is 1.67 bits per heavy atom. The molecule has 0 aromatic heterocycles. The number of carboxylic acid groups (broad SMARTS) is 1. The van der Waals surface area contributed by atoms with Gasteiger partial charge < -0.3 is 26.9 Å².